The van der Waals surface area contributed by atoms with E-state index in [1.165, 1.54) is 5.56 Å². The normalized spacial score (nSPS) is 28.4. The Balaban J connectivity index is 1.59. The molecule has 0 bridgehead atoms. The molecule has 0 radical (unpaired) electrons. The first-order chi connectivity index (χ1) is 10.3. The Morgan fingerprint density at radius 2 is 2.14 bits per heavy atom. The molecular weight excluding hydrogens is 266 g/mol. The molecule has 114 valence electrons. The number of rotatable bonds is 4. The lowest BCUT2D eigenvalue weighted by Crippen LogP contribution is -2.53. The van der Waals surface area contributed by atoms with Crippen molar-refractivity contribution in [3.05, 3.63) is 35.9 Å². The number of fused-ring (bicyclic) bond motifs is 1. The number of hydrogen-bond donors (Lipinski definition) is 0. The second-order valence-corrected chi connectivity index (χ2v) is 5.83. The van der Waals surface area contributed by atoms with Crippen molar-refractivity contribution in [3.63, 3.8) is 0 Å². The van der Waals surface area contributed by atoms with Gasteiger partial charge in [-0.1, -0.05) is 30.3 Å². The third kappa shape index (κ3) is 3.11. The molecule has 4 nitrogen and oxygen atoms in total. The first-order valence-corrected chi connectivity index (χ1v) is 7.77. The molecule has 3 atom stereocenters. The van der Waals surface area contributed by atoms with Gasteiger partial charge in [-0.25, -0.2) is 0 Å². The molecule has 21 heavy (non-hydrogen) atoms. The summed E-state index contributed by atoms with van der Waals surface area (Å²) in [6, 6.07) is 10.4. The highest BCUT2D eigenvalue weighted by molar-refractivity contribution is 5.77. The molecular formula is C17H23NO3. The van der Waals surface area contributed by atoms with E-state index in [0.717, 1.165) is 19.3 Å². The minimum absolute atomic E-state index is 0.0597. The summed E-state index contributed by atoms with van der Waals surface area (Å²) in [5, 5.41) is 0. The van der Waals surface area contributed by atoms with Crippen molar-refractivity contribution in [2.45, 2.75) is 43.9 Å². The lowest BCUT2D eigenvalue weighted by atomic mass is 10.1. The zero-order chi connectivity index (χ0) is 14.7. The highest BCUT2D eigenvalue weighted by Crippen LogP contribution is 2.32. The van der Waals surface area contributed by atoms with Gasteiger partial charge in [0.05, 0.1) is 18.8 Å². The highest BCUT2D eigenvalue weighted by atomic mass is 16.5. The molecule has 0 spiro atoms. The molecule has 1 aliphatic heterocycles. The van der Waals surface area contributed by atoms with Gasteiger partial charge < -0.3 is 14.4 Å². The van der Waals surface area contributed by atoms with E-state index in [-0.39, 0.29) is 24.2 Å². The first-order valence-electron chi connectivity index (χ1n) is 7.77. The summed E-state index contributed by atoms with van der Waals surface area (Å²) in [6.07, 6.45) is 3.55. The quantitative estimate of drug-likeness (QED) is 0.851. The van der Waals surface area contributed by atoms with Gasteiger partial charge in [0, 0.05) is 20.1 Å². The van der Waals surface area contributed by atoms with Crippen LogP contribution in [0.15, 0.2) is 30.3 Å². The molecule has 0 N–H and O–H groups in total. The van der Waals surface area contributed by atoms with Crippen molar-refractivity contribution >= 4 is 5.91 Å². The third-order valence-corrected chi connectivity index (χ3v) is 4.63. The number of morpholine rings is 1. The van der Waals surface area contributed by atoms with Gasteiger partial charge in [-0.15, -0.1) is 0 Å². The average molecular weight is 289 g/mol. The molecule has 1 heterocycles. The average Bonchev–Trinajstić information content (AvgIpc) is 2.96. The maximum absolute atomic E-state index is 12.5. The van der Waals surface area contributed by atoms with E-state index in [4.69, 9.17) is 9.47 Å². The monoisotopic (exact) mass is 289 g/mol. The highest BCUT2D eigenvalue weighted by Gasteiger charge is 2.44. The van der Waals surface area contributed by atoms with Gasteiger partial charge in [-0.2, -0.15) is 0 Å². The van der Waals surface area contributed by atoms with E-state index in [1.54, 1.807) is 7.11 Å². The molecule has 1 amide bonds. The SMILES string of the molecule is CO[C@H]1CC[C@H]2[C@H]1OCCN2C(=O)CCc1ccccc1. The maximum Gasteiger partial charge on any atom is 0.223 e. The van der Waals surface area contributed by atoms with Crippen LogP contribution >= 0.6 is 0 Å². The van der Waals surface area contributed by atoms with E-state index in [9.17, 15) is 4.79 Å². The van der Waals surface area contributed by atoms with Crippen molar-refractivity contribution < 1.29 is 14.3 Å². The van der Waals surface area contributed by atoms with E-state index in [2.05, 4.69) is 12.1 Å². The Kier molecular flexibility index (Phi) is 4.56. The molecule has 3 rings (SSSR count). The van der Waals surface area contributed by atoms with Crippen molar-refractivity contribution in [2.75, 3.05) is 20.3 Å². The van der Waals surface area contributed by atoms with E-state index < -0.39 is 0 Å². The van der Waals surface area contributed by atoms with Crippen LogP contribution in [0.1, 0.15) is 24.8 Å². The Morgan fingerprint density at radius 1 is 1.33 bits per heavy atom. The Bertz CT molecular complexity index is 476. The number of ether oxygens (including phenoxy) is 2. The molecule has 0 unspecified atom stereocenters. The van der Waals surface area contributed by atoms with Crippen LogP contribution in [-0.4, -0.2) is 49.3 Å². The Labute approximate surface area is 126 Å². The Morgan fingerprint density at radius 3 is 2.90 bits per heavy atom. The first kappa shape index (κ1) is 14.5. The molecule has 1 saturated carbocycles. The summed E-state index contributed by atoms with van der Waals surface area (Å²) in [7, 11) is 1.73. The van der Waals surface area contributed by atoms with Gasteiger partial charge >= 0.3 is 0 Å². The second-order valence-electron chi connectivity index (χ2n) is 5.83. The third-order valence-electron chi connectivity index (χ3n) is 4.63. The van der Waals surface area contributed by atoms with Gasteiger partial charge in [0.1, 0.15) is 6.10 Å². The molecule has 1 aromatic rings. The van der Waals surface area contributed by atoms with Crippen molar-refractivity contribution in [3.8, 4) is 0 Å². The number of hydrogen-bond acceptors (Lipinski definition) is 3. The van der Waals surface area contributed by atoms with Crippen LogP contribution in [0.3, 0.4) is 0 Å². The van der Waals surface area contributed by atoms with Crippen LogP contribution in [0, 0.1) is 0 Å². The van der Waals surface area contributed by atoms with E-state index >= 15 is 0 Å². The summed E-state index contributed by atoms with van der Waals surface area (Å²) in [5.74, 6) is 0.244. The second kappa shape index (κ2) is 6.58. The molecule has 1 aliphatic carbocycles. The number of nitrogens with zero attached hydrogens (tertiary/aromatic N) is 1. The fraction of sp³-hybridized carbons (Fsp3) is 0.588. The predicted molar refractivity (Wildman–Crippen MR) is 80.0 cm³/mol. The lowest BCUT2D eigenvalue weighted by Gasteiger charge is -2.39. The minimum Gasteiger partial charge on any atom is -0.379 e. The molecule has 2 fully saturated rings. The van der Waals surface area contributed by atoms with Crippen molar-refractivity contribution in [1.29, 1.82) is 0 Å². The number of amides is 1. The lowest BCUT2D eigenvalue weighted by molar-refractivity contribution is -0.149. The van der Waals surface area contributed by atoms with Crippen LogP contribution in [-0.2, 0) is 20.7 Å². The van der Waals surface area contributed by atoms with Crippen LogP contribution in [0.2, 0.25) is 0 Å². The van der Waals surface area contributed by atoms with Gasteiger partial charge in [-0.05, 0) is 24.8 Å². The smallest absolute Gasteiger partial charge is 0.223 e. The zero-order valence-electron chi connectivity index (χ0n) is 12.5. The largest absolute Gasteiger partial charge is 0.379 e. The zero-order valence-corrected chi connectivity index (χ0v) is 12.5. The van der Waals surface area contributed by atoms with Gasteiger partial charge in [0.2, 0.25) is 5.91 Å². The summed E-state index contributed by atoms with van der Waals surface area (Å²) < 4.78 is 11.3. The van der Waals surface area contributed by atoms with Crippen LogP contribution < -0.4 is 0 Å². The molecule has 0 aromatic heterocycles. The molecule has 1 aromatic carbocycles. The van der Waals surface area contributed by atoms with E-state index in [1.807, 2.05) is 23.1 Å². The van der Waals surface area contributed by atoms with Gasteiger partial charge in [0.15, 0.2) is 0 Å². The molecule has 1 saturated heterocycles. The number of carbonyl (C=O) groups is 1. The van der Waals surface area contributed by atoms with Crippen LogP contribution in [0.5, 0.6) is 0 Å². The standard InChI is InChI=1S/C17H23NO3/c1-20-15-9-8-14-17(15)21-12-11-18(14)16(19)10-7-13-5-3-2-4-6-13/h2-6,14-15,17H,7-12H2,1H3/t14-,15-,17+/m0/s1. The number of carbonyl (C=O) groups excluding carboxylic acids is 1. The topological polar surface area (TPSA) is 38.8 Å². The van der Waals surface area contributed by atoms with E-state index in [0.29, 0.717) is 19.6 Å². The number of methoxy groups -OCH3 is 1. The molecule has 4 heteroatoms. The van der Waals surface area contributed by atoms with Crippen LogP contribution in [0.4, 0.5) is 0 Å². The van der Waals surface area contributed by atoms with Crippen molar-refractivity contribution in [2.24, 2.45) is 0 Å². The number of benzene rings is 1. The summed E-state index contributed by atoms with van der Waals surface area (Å²) in [4.78, 5) is 14.6. The number of aryl methyl sites for hydroxylation is 1. The minimum atomic E-state index is 0.0597. The summed E-state index contributed by atoms with van der Waals surface area (Å²) in [5.41, 5.74) is 1.22. The Hall–Kier alpha value is -1.39. The predicted octanol–water partition coefficient (Wildman–Crippen LogP) is 2.02. The summed E-state index contributed by atoms with van der Waals surface area (Å²) in [6.45, 7) is 1.34. The maximum atomic E-state index is 12.5. The van der Waals surface area contributed by atoms with Crippen molar-refractivity contribution in [1.82, 2.24) is 4.90 Å². The fourth-order valence-corrected chi connectivity index (χ4v) is 3.52. The van der Waals surface area contributed by atoms with Crippen LogP contribution in [0.25, 0.3) is 0 Å². The summed E-state index contributed by atoms with van der Waals surface area (Å²) >= 11 is 0. The van der Waals surface area contributed by atoms with Gasteiger partial charge in [-0.3, -0.25) is 4.79 Å². The van der Waals surface area contributed by atoms with Gasteiger partial charge in [0.25, 0.3) is 0 Å². The molecule has 2 aliphatic rings. The fourth-order valence-electron chi connectivity index (χ4n) is 3.52.